The van der Waals surface area contributed by atoms with Crippen LogP contribution in [0.25, 0.3) is 0 Å². The largest absolute Gasteiger partial charge is 0.508 e. The molecule has 0 bridgehead atoms. The molecule has 1 saturated heterocycles. The van der Waals surface area contributed by atoms with Crippen molar-refractivity contribution in [3.8, 4) is 11.5 Å². The molecule has 0 unspecified atom stereocenters. The van der Waals surface area contributed by atoms with E-state index >= 15 is 0 Å². The van der Waals surface area contributed by atoms with Crippen molar-refractivity contribution in [3.05, 3.63) is 23.8 Å². The van der Waals surface area contributed by atoms with E-state index in [0.29, 0.717) is 11.9 Å². The highest BCUT2D eigenvalue weighted by Gasteiger charge is 2.19. The Hall–Kier alpha value is -1.26. The highest BCUT2D eigenvalue weighted by molar-refractivity contribution is 5.39. The number of rotatable bonds is 4. The Bertz CT molecular complexity index is 387. The van der Waals surface area contributed by atoms with Gasteiger partial charge in [-0.3, -0.25) is 4.90 Å². The van der Waals surface area contributed by atoms with Crippen LogP contribution in [0.3, 0.4) is 0 Å². The van der Waals surface area contributed by atoms with Crippen LogP contribution in [0.5, 0.6) is 11.5 Å². The highest BCUT2D eigenvalue weighted by atomic mass is 16.5. The third kappa shape index (κ3) is 3.15. The smallest absolute Gasteiger partial charge is 0.120 e. The van der Waals surface area contributed by atoms with Gasteiger partial charge in [-0.25, -0.2) is 0 Å². The van der Waals surface area contributed by atoms with Crippen LogP contribution in [-0.2, 0) is 11.3 Å². The minimum atomic E-state index is 0.338. The van der Waals surface area contributed by atoms with E-state index in [1.165, 1.54) is 0 Å². The van der Waals surface area contributed by atoms with Gasteiger partial charge in [0.25, 0.3) is 0 Å². The van der Waals surface area contributed by atoms with Crippen molar-refractivity contribution in [1.29, 1.82) is 0 Å². The number of piperidine rings is 1. The van der Waals surface area contributed by atoms with Crippen molar-refractivity contribution in [1.82, 2.24) is 4.90 Å². The van der Waals surface area contributed by atoms with Crippen LogP contribution in [0.4, 0.5) is 0 Å². The Labute approximate surface area is 108 Å². The lowest BCUT2D eigenvalue weighted by molar-refractivity contribution is 0.0387. The minimum Gasteiger partial charge on any atom is -0.508 e. The number of ether oxygens (including phenoxy) is 2. The molecule has 4 nitrogen and oxygen atoms in total. The average Bonchev–Trinajstić information content (AvgIpc) is 2.42. The molecule has 0 saturated carbocycles. The molecule has 18 heavy (non-hydrogen) atoms. The maximum atomic E-state index is 9.85. The molecule has 1 N–H and O–H groups in total. The molecule has 2 rings (SSSR count). The molecular formula is C14H21NO3. The molecule has 0 radical (unpaired) electrons. The Morgan fingerprint density at radius 2 is 2.00 bits per heavy atom. The molecule has 1 aliphatic heterocycles. The molecule has 0 atom stereocenters. The summed E-state index contributed by atoms with van der Waals surface area (Å²) < 4.78 is 10.5. The molecule has 0 amide bonds. The summed E-state index contributed by atoms with van der Waals surface area (Å²) in [7, 11) is 3.41. The lowest BCUT2D eigenvalue weighted by Gasteiger charge is -2.31. The number of hydrogen-bond donors (Lipinski definition) is 1. The van der Waals surface area contributed by atoms with Gasteiger partial charge in [-0.05, 0) is 31.0 Å². The normalized spacial score (nSPS) is 17.9. The first kappa shape index (κ1) is 13.2. The molecule has 100 valence electrons. The number of nitrogens with zero attached hydrogens (tertiary/aromatic N) is 1. The maximum Gasteiger partial charge on any atom is 0.120 e. The van der Waals surface area contributed by atoms with Gasteiger partial charge in [0, 0.05) is 32.3 Å². The van der Waals surface area contributed by atoms with E-state index in [-0.39, 0.29) is 0 Å². The Kier molecular flexibility index (Phi) is 4.44. The van der Waals surface area contributed by atoms with Gasteiger partial charge < -0.3 is 14.6 Å². The van der Waals surface area contributed by atoms with E-state index in [2.05, 4.69) is 4.90 Å². The molecule has 1 aliphatic rings. The second-order valence-electron chi connectivity index (χ2n) is 4.71. The van der Waals surface area contributed by atoms with E-state index < -0.39 is 0 Å². The summed E-state index contributed by atoms with van der Waals surface area (Å²) in [6, 6.07) is 5.36. The molecule has 1 aromatic carbocycles. The molecule has 1 fully saturated rings. The van der Waals surface area contributed by atoms with E-state index in [4.69, 9.17) is 9.47 Å². The standard InChI is InChI=1S/C14H21NO3/c1-17-12-5-7-15(8-6-12)10-11-9-13(18-2)3-4-14(11)16/h3-4,9,12,16H,5-8,10H2,1-2H3. The molecule has 1 heterocycles. The van der Waals surface area contributed by atoms with Crippen molar-refractivity contribution in [2.75, 3.05) is 27.3 Å². The summed E-state index contributed by atoms with van der Waals surface area (Å²) in [4.78, 5) is 2.34. The van der Waals surface area contributed by atoms with Crippen LogP contribution in [0, 0.1) is 0 Å². The van der Waals surface area contributed by atoms with Gasteiger partial charge in [-0.15, -0.1) is 0 Å². The first-order chi connectivity index (χ1) is 8.72. The Morgan fingerprint density at radius 1 is 1.28 bits per heavy atom. The Balaban J connectivity index is 1.97. The number of likely N-dealkylation sites (tertiary alicyclic amines) is 1. The first-order valence-corrected chi connectivity index (χ1v) is 6.34. The maximum absolute atomic E-state index is 9.85. The lowest BCUT2D eigenvalue weighted by atomic mass is 10.1. The monoisotopic (exact) mass is 251 g/mol. The number of hydrogen-bond acceptors (Lipinski definition) is 4. The van der Waals surface area contributed by atoms with E-state index in [1.807, 2.05) is 6.07 Å². The SMILES string of the molecule is COc1ccc(O)c(CN2CCC(OC)CC2)c1. The minimum absolute atomic E-state index is 0.338. The number of phenols is 1. The van der Waals surface area contributed by atoms with Crippen LogP contribution in [0.2, 0.25) is 0 Å². The highest BCUT2D eigenvalue weighted by Crippen LogP contribution is 2.25. The summed E-state index contributed by atoms with van der Waals surface area (Å²) in [5.74, 6) is 1.12. The number of methoxy groups -OCH3 is 2. The quantitative estimate of drug-likeness (QED) is 0.889. The number of phenolic OH excluding ortho intramolecular Hbond substituents is 1. The van der Waals surface area contributed by atoms with Gasteiger partial charge in [0.1, 0.15) is 11.5 Å². The van der Waals surface area contributed by atoms with Crippen molar-refractivity contribution < 1.29 is 14.6 Å². The van der Waals surface area contributed by atoms with Crippen molar-refractivity contribution in [2.24, 2.45) is 0 Å². The topological polar surface area (TPSA) is 41.9 Å². The van der Waals surface area contributed by atoms with Crippen LogP contribution >= 0.6 is 0 Å². The van der Waals surface area contributed by atoms with Crippen LogP contribution in [0.15, 0.2) is 18.2 Å². The summed E-state index contributed by atoms with van der Waals surface area (Å²) in [6.45, 7) is 2.78. The fraction of sp³-hybridized carbons (Fsp3) is 0.571. The zero-order valence-corrected chi connectivity index (χ0v) is 11.1. The van der Waals surface area contributed by atoms with Gasteiger partial charge >= 0.3 is 0 Å². The van der Waals surface area contributed by atoms with Crippen molar-refractivity contribution in [3.63, 3.8) is 0 Å². The zero-order chi connectivity index (χ0) is 13.0. The van der Waals surface area contributed by atoms with Crippen molar-refractivity contribution >= 4 is 0 Å². The lowest BCUT2D eigenvalue weighted by Crippen LogP contribution is -2.36. The second kappa shape index (κ2) is 6.07. The molecule has 1 aromatic rings. The molecule has 0 spiro atoms. The van der Waals surface area contributed by atoms with E-state index in [1.54, 1.807) is 26.4 Å². The van der Waals surface area contributed by atoms with Crippen molar-refractivity contribution in [2.45, 2.75) is 25.5 Å². The van der Waals surface area contributed by atoms with Crippen LogP contribution in [-0.4, -0.2) is 43.4 Å². The second-order valence-corrected chi connectivity index (χ2v) is 4.71. The summed E-state index contributed by atoms with van der Waals surface area (Å²) >= 11 is 0. The van der Waals surface area contributed by atoms with E-state index in [0.717, 1.165) is 43.8 Å². The van der Waals surface area contributed by atoms with Gasteiger partial charge in [0.2, 0.25) is 0 Å². The Morgan fingerprint density at radius 3 is 2.61 bits per heavy atom. The molecule has 0 aliphatic carbocycles. The average molecular weight is 251 g/mol. The van der Waals surface area contributed by atoms with Crippen LogP contribution < -0.4 is 4.74 Å². The first-order valence-electron chi connectivity index (χ1n) is 6.34. The summed E-state index contributed by atoms with van der Waals surface area (Å²) in [6.07, 6.45) is 2.50. The zero-order valence-electron chi connectivity index (χ0n) is 11.1. The fourth-order valence-electron chi connectivity index (χ4n) is 2.36. The molecule has 0 aromatic heterocycles. The van der Waals surface area contributed by atoms with Gasteiger partial charge in [0.15, 0.2) is 0 Å². The molecule has 4 heteroatoms. The van der Waals surface area contributed by atoms with Gasteiger partial charge in [-0.1, -0.05) is 0 Å². The summed E-state index contributed by atoms with van der Waals surface area (Å²) in [5.41, 5.74) is 0.921. The van der Waals surface area contributed by atoms with Gasteiger partial charge in [-0.2, -0.15) is 0 Å². The van der Waals surface area contributed by atoms with E-state index in [9.17, 15) is 5.11 Å². The van der Waals surface area contributed by atoms with Crippen LogP contribution in [0.1, 0.15) is 18.4 Å². The fourth-order valence-corrected chi connectivity index (χ4v) is 2.36. The number of benzene rings is 1. The van der Waals surface area contributed by atoms with Gasteiger partial charge in [0.05, 0.1) is 13.2 Å². The third-order valence-corrected chi connectivity index (χ3v) is 3.55. The third-order valence-electron chi connectivity index (χ3n) is 3.55. The molecular weight excluding hydrogens is 230 g/mol. The predicted molar refractivity (Wildman–Crippen MR) is 70.0 cm³/mol. The number of aromatic hydroxyl groups is 1. The summed E-state index contributed by atoms with van der Waals surface area (Å²) in [5, 5.41) is 9.85. The predicted octanol–water partition coefficient (Wildman–Crippen LogP) is 2.01.